The maximum atomic E-state index is 11.4. The topological polar surface area (TPSA) is 72.2 Å². The second-order valence-electron chi connectivity index (χ2n) is 2.84. The van der Waals surface area contributed by atoms with Gasteiger partial charge in [0.05, 0.1) is 4.90 Å². The van der Waals surface area contributed by atoms with E-state index in [4.69, 9.17) is 5.73 Å². The molecule has 1 rings (SSSR count). The zero-order valence-electron chi connectivity index (χ0n) is 8.65. The smallest absolute Gasteiger partial charge is 0.240 e. The van der Waals surface area contributed by atoms with Crippen LogP contribution in [0, 0.1) is 0 Å². The first-order valence-electron chi connectivity index (χ1n) is 4.47. The van der Waals surface area contributed by atoms with E-state index in [9.17, 15) is 8.42 Å². The van der Waals surface area contributed by atoms with Gasteiger partial charge in [0, 0.05) is 10.6 Å². The molecule has 0 fully saturated rings. The van der Waals surface area contributed by atoms with E-state index in [0.717, 1.165) is 10.6 Å². The number of anilines is 1. The van der Waals surface area contributed by atoms with Crippen LogP contribution in [0.5, 0.6) is 0 Å². The van der Waals surface area contributed by atoms with Gasteiger partial charge in [-0.3, -0.25) is 0 Å². The van der Waals surface area contributed by atoms with Crippen LogP contribution in [-0.4, -0.2) is 21.2 Å². The van der Waals surface area contributed by atoms with Crippen molar-refractivity contribution in [3.05, 3.63) is 18.2 Å². The molecule has 0 spiro atoms. The van der Waals surface area contributed by atoms with Crippen LogP contribution in [0.1, 0.15) is 6.92 Å². The Morgan fingerprint density at radius 1 is 1.47 bits per heavy atom. The molecule has 0 bridgehead atoms. The molecule has 1 aromatic carbocycles. The molecule has 0 aromatic heterocycles. The fourth-order valence-corrected chi connectivity index (χ4v) is 2.56. The van der Waals surface area contributed by atoms with Crippen molar-refractivity contribution in [2.45, 2.75) is 16.7 Å². The second-order valence-corrected chi connectivity index (χ2v) is 6.03. The first-order chi connectivity index (χ1) is 7.01. The molecule has 1 aromatic rings. The molecule has 0 aliphatic rings. The van der Waals surface area contributed by atoms with Crippen molar-refractivity contribution in [1.29, 1.82) is 0 Å². The van der Waals surface area contributed by atoms with Crippen molar-refractivity contribution >= 4 is 27.5 Å². The van der Waals surface area contributed by atoms with E-state index in [1.165, 1.54) is 13.1 Å². The molecule has 0 atom stereocenters. The van der Waals surface area contributed by atoms with E-state index in [1.54, 1.807) is 23.9 Å². The van der Waals surface area contributed by atoms with E-state index in [0.29, 0.717) is 5.69 Å². The summed E-state index contributed by atoms with van der Waals surface area (Å²) in [5.74, 6) is 0.905. The lowest BCUT2D eigenvalue weighted by atomic mass is 10.3. The van der Waals surface area contributed by atoms with Gasteiger partial charge in [0.2, 0.25) is 10.0 Å². The molecule has 84 valence electrons. The first-order valence-corrected chi connectivity index (χ1v) is 6.94. The van der Waals surface area contributed by atoms with E-state index in [1.807, 2.05) is 6.92 Å². The highest BCUT2D eigenvalue weighted by atomic mass is 32.2. The molecule has 4 nitrogen and oxygen atoms in total. The normalized spacial score (nSPS) is 11.6. The van der Waals surface area contributed by atoms with Gasteiger partial charge in [-0.2, -0.15) is 0 Å². The van der Waals surface area contributed by atoms with Gasteiger partial charge in [-0.15, -0.1) is 11.8 Å². The van der Waals surface area contributed by atoms with Crippen molar-refractivity contribution in [3.63, 3.8) is 0 Å². The molecule has 0 amide bonds. The maximum Gasteiger partial charge on any atom is 0.240 e. The Balaban J connectivity index is 3.12. The Morgan fingerprint density at radius 2 is 2.13 bits per heavy atom. The van der Waals surface area contributed by atoms with Crippen LogP contribution >= 0.6 is 11.8 Å². The van der Waals surface area contributed by atoms with E-state index in [2.05, 4.69) is 4.72 Å². The van der Waals surface area contributed by atoms with Crippen LogP contribution in [0.25, 0.3) is 0 Å². The molecular weight excluding hydrogens is 232 g/mol. The highest BCUT2D eigenvalue weighted by Crippen LogP contribution is 2.26. The van der Waals surface area contributed by atoms with Gasteiger partial charge >= 0.3 is 0 Å². The van der Waals surface area contributed by atoms with Crippen LogP contribution in [0.3, 0.4) is 0 Å². The highest BCUT2D eigenvalue weighted by molar-refractivity contribution is 7.99. The number of thioether (sulfide) groups is 1. The van der Waals surface area contributed by atoms with Gasteiger partial charge in [-0.1, -0.05) is 6.92 Å². The highest BCUT2D eigenvalue weighted by Gasteiger charge is 2.12. The summed E-state index contributed by atoms with van der Waals surface area (Å²) in [6, 6.07) is 4.76. The molecule has 0 heterocycles. The van der Waals surface area contributed by atoms with Crippen LogP contribution in [0.15, 0.2) is 28.0 Å². The second kappa shape index (κ2) is 4.87. The lowest BCUT2D eigenvalue weighted by Crippen LogP contribution is -2.18. The summed E-state index contributed by atoms with van der Waals surface area (Å²) < 4.78 is 25.1. The van der Waals surface area contributed by atoms with Gasteiger partial charge in [-0.05, 0) is 31.0 Å². The maximum absolute atomic E-state index is 11.4. The summed E-state index contributed by atoms with van der Waals surface area (Å²) in [5.41, 5.74) is 6.24. The molecule has 0 saturated heterocycles. The zero-order valence-corrected chi connectivity index (χ0v) is 10.3. The minimum atomic E-state index is -3.39. The number of nitrogens with two attached hydrogens (primary N) is 1. The summed E-state index contributed by atoms with van der Waals surface area (Å²) in [6.45, 7) is 2.02. The third-order valence-corrected chi connectivity index (χ3v) is 4.24. The van der Waals surface area contributed by atoms with E-state index in [-0.39, 0.29) is 4.90 Å². The first kappa shape index (κ1) is 12.4. The summed E-state index contributed by atoms with van der Waals surface area (Å²) in [5, 5.41) is 0. The molecule has 6 heteroatoms. The molecule has 15 heavy (non-hydrogen) atoms. The molecule has 0 aliphatic heterocycles. The molecular formula is C9H14N2O2S2. The minimum Gasteiger partial charge on any atom is -0.398 e. The number of sulfonamides is 1. The van der Waals surface area contributed by atoms with Crippen LogP contribution in [0.2, 0.25) is 0 Å². The van der Waals surface area contributed by atoms with Gasteiger partial charge < -0.3 is 5.73 Å². The lowest BCUT2D eigenvalue weighted by Gasteiger charge is -2.07. The van der Waals surface area contributed by atoms with E-state index < -0.39 is 10.0 Å². The molecule has 3 N–H and O–H groups in total. The van der Waals surface area contributed by atoms with Gasteiger partial charge in [-0.25, -0.2) is 13.1 Å². The number of benzene rings is 1. The quantitative estimate of drug-likeness (QED) is 0.620. The monoisotopic (exact) mass is 246 g/mol. The van der Waals surface area contributed by atoms with E-state index >= 15 is 0 Å². The summed E-state index contributed by atoms with van der Waals surface area (Å²) >= 11 is 1.59. The number of nitrogens with one attached hydrogen (secondary N) is 1. The fraction of sp³-hybridized carbons (Fsp3) is 0.333. The third kappa shape index (κ3) is 2.87. The molecule has 0 aliphatic carbocycles. The third-order valence-electron chi connectivity index (χ3n) is 1.86. The Kier molecular flexibility index (Phi) is 4.01. The fourth-order valence-electron chi connectivity index (χ4n) is 1.10. The lowest BCUT2D eigenvalue weighted by molar-refractivity contribution is 0.588. The van der Waals surface area contributed by atoms with Gasteiger partial charge in [0.15, 0.2) is 0 Å². The predicted octanol–water partition coefficient (Wildman–Crippen LogP) is 1.29. The number of hydrogen-bond acceptors (Lipinski definition) is 4. The van der Waals surface area contributed by atoms with Crippen LogP contribution < -0.4 is 10.5 Å². The largest absolute Gasteiger partial charge is 0.398 e. The number of nitrogen functional groups attached to an aromatic ring is 1. The standard InChI is InChI=1S/C9H14N2O2S2/c1-3-14-9-5-4-7(6-8(9)10)15(12,13)11-2/h4-6,11H,3,10H2,1-2H3. The average molecular weight is 246 g/mol. The zero-order chi connectivity index (χ0) is 11.5. The summed E-state index contributed by atoms with van der Waals surface area (Å²) in [7, 11) is -2.02. The average Bonchev–Trinajstić information content (AvgIpc) is 2.21. The summed E-state index contributed by atoms with van der Waals surface area (Å²) in [6.07, 6.45) is 0. The Labute approximate surface area is 94.3 Å². The van der Waals surface area contributed by atoms with Crippen molar-refractivity contribution < 1.29 is 8.42 Å². The van der Waals surface area contributed by atoms with Crippen molar-refractivity contribution in [2.75, 3.05) is 18.5 Å². The Bertz CT molecular complexity index is 443. The van der Waals surface area contributed by atoms with Gasteiger partial charge in [0.1, 0.15) is 0 Å². The molecule has 0 radical (unpaired) electrons. The van der Waals surface area contributed by atoms with Gasteiger partial charge in [0.25, 0.3) is 0 Å². The number of rotatable bonds is 4. The Hall–Kier alpha value is -0.720. The Morgan fingerprint density at radius 3 is 2.60 bits per heavy atom. The molecule has 0 saturated carbocycles. The predicted molar refractivity (Wildman–Crippen MR) is 63.5 cm³/mol. The summed E-state index contributed by atoms with van der Waals surface area (Å²) in [4.78, 5) is 1.11. The van der Waals surface area contributed by atoms with Crippen molar-refractivity contribution in [1.82, 2.24) is 4.72 Å². The van der Waals surface area contributed by atoms with Crippen molar-refractivity contribution in [3.8, 4) is 0 Å². The van der Waals surface area contributed by atoms with Crippen LogP contribution in [0.4, 0.5) is 5.69 Å². The number of hydrogen-bond donors (Lipinski definition) is 2. The SMILES string of the molecule is CCSc1ccc(S(=O)(=O)NC)cc1N. The molecule has 0 unspecified atom stereocenters. The van der Waals surface area contributed by atoms with Crippen LogP contribution in [-0.2, 0) is 10.0 Å². The van der Waals surface area contributed by atoms with Crippen molar-refractivity contribution in [2.24, 2.45) is 0 Å². The minimum absolute atomic E-state index is 0.197.